The van der Waals surface area contributed by atoms with Crippen LogP contribution in [0.1, 0.15) is 66.8 Å². The summed E-state index contributed by atoms with van der Waals surface area (Å²) in [4.78, 5) is 24.1. The Labute approximate surface area is 182 Å². The second-order valence-corrected chi connectivity index (χ2v) is 5.50. The van der Waals surface area contributed by atoms with Crippen LogP contribution in [-0.4, -0.2) is 24.7 Å². The van der Waals surface area contributed by atoms with Crippen molar-refractivity contribution in [1.29, 1.82) is 0 Å². The van der Waals surface area contributed by atoms with Crippen LogP contribution in [0.25, 0.3) is 0 Å². The summed E-state index contributed by atoms with van der Waals surface area (Å²) in [6.45, 7) is 11.0. The van der Waals surface area contributed by atoms with Crippen LogP contribution in [0.5, 0.6) is 0 Å². The molecule has 0 aliphatic rings. The summed E-state index contributed by atoms with van der Waals surface area (Å²) in [5.74, 6) is 0.134. The number of carbonyl (C=O) groups is 2. The van der Waals surface area contributed by atoms with Crippen molar-refractivity contribution in [3.05, 3.63) is 65.2 Å². The maximum absolute atomic E-state index is 12.1. The fourth-order valence-corrected chi connectivity index (χ4v) is 2.43. The molecule has 2 aromatic rings. The largest absolute Gasteiger partial charge is 0.398 e. The van der Waals surface area contributed by atoms with Crippen LogP contribution in [0.15, 0.2) is 48.5 Å². The van der Waals surface area contributed by atoms with E-state index < -0.39 is 0 Å². The van der Waals surface area contributed by atoms with E-state index >= 15 is 0 Å². The van der Waals surface area contributed by atoms with E-state index in [1.165, 1.54) is 0 Å². The van der Waals surface area contributed by atoms with E-state index in [2.05, 4.69) is 5.32 Å². The molecular weight excluding hydrogens is 387 g/mol. The molecule has 4 nitrogen and oxygen atoms in total. The minimum atomic E-state index is 0. The Morgan fingerprint density at radius 3 is 1.71 bits per heavy atom. The van der Waals surface area contributed by atoms with E-state index in [0.717, 1.165) is 11.1 Å². The van der Waals surface area contributed by atoms with Crippen molar-refractivity contribution in [3.8, 4) is 0 Å². The van der Waals surface area contributed by atoms with Crippen LogP contribution >= 0.6 is 0 Å². The SMILES string of the molecule is CC.CC.Cc1ccccc1C(=O)CCNCCC(=O)c1ccccc1N.[V]. The minimum absolute atomic E-state index is 0. The van der Waals surface area contributed by atoms with Crippen molar-refractivity contribution in [2.24, 2.45) is 0 Å². The van der Waals surface area contributed by atoms with Gasteiger partial charge < -0.3 is 11.1 Å². The van der Waals surface area contributed by atoms with Crippen molar-refractivity contribution in [2.75, 3.05) is 18.8 Å². The molecule has 0 aliphatic carbocycles. The number of ketones is 2. The standard InChI is InChI=1S/C19H22N2O2.2C2H6.V/c1-14-6-2-3-7-15(14)18(22)10-12-21-13-11-19(23)16-8-4-5-9-17(16)20;2*1-2;/h2-9,21H,10-13,20H2,1H3;2*1-2H3;. The van der Waals surface area contributed by atoms with Gasteiger partial charge in [0.05, 0.1) is 0 Å². The van der Waals surface area contributed by atoms with Gasteiger partial charge in [-0.1, -0.05) is 64.1 Å². The molecule has 28 heavy (non-hydrogen) atoms. The van der Waals surface area contributed by atoms with E-state index in [1.807, 2.05) is 65.0 Å². The van der Waals surface area contributed by atoms with Gasteiger partial charge in [-0.2, -0.15) is 0 Å². The van der Waals surface area contributed by atoms with Gasteiger partial charge in [-0.3, -0.25) is 9.59 Å². The third-order valence-electron chi connectivity index (χ3n) is 3.76. The maximum atomic E-state index is 12.1. The summed E-state index contributed by atoms with van der Waals surface area (Å²) >= 11 is 0. The number of hydrogen-bond acceptors (Lipinski definition) is 4. The third kappa shape index (κ3) is 9.89. The first kappa shape index (κ1) is 28.3. The van der Waals surface area contributed by atoms with Crippen molar-refractivity contribution in [1.82, 2.24) is 5.32 Å². The van der Waals surface area contributed by atoms with E-state index in [1.54, 1.807) is 18.2 Å². The first-order chi connectivity index (χ1) is 13.1. The average Bonchev–Trinajstić information content (AvgIpc) is 2.71. The van der Waals surface area contributed by atoms with E-state index in [9.17, 15) is 9.59 Å². The Morgan fingerprint density at radius 1 is 0.786 bits per heavy atom. The monoisotopic (exact) mass is 421 g/mol. The second-order valence-electron chi connectivity index (χ2n) is 5.50. The Balaban J connectivity index is 0. The molecule has 0 amide bonds. The number of rotatable bonds is 8. The maximum Gasteiger partial charge on any atom is 0.166 e. The van der Waals surface area contributed by atoms with Gasteiger partial charge in [-0.25, -0.2) is 0 Å². The molecule has 0 fully saturated rings. The molecule has 0 aliphatic heterocycles. The van der Waals surface area contributed by atoms with Gasteiger partial charge in [0.1, 0.15) is 0 Å². The summed E-state index contributed by atoms with van der Waals surface area (Å²) in [5.41, 5.74) is 8.61. The van der Waals surface area contributed by atoms with E-state index in [4.69, 9.17) is 5.73 Å². The van der Waals surface area contributed by atoms with Crippen LogP contribution in [-0.2, 0) is 18.6 Å². The van der Waals surface area contributed by atoms with Crippen LogP contribution in [0.2, 0.25) is 0 Å². The number of nitrogens with two attached hydrogens (primary N) is 1. The number of carbonyl (C=O) groups excluding carboxylic acids is 2. The Bertz CT molecular complexity index is 643. The molecule has 0 heterocycles. The Kier molecular flexibility index (Phi) is 17.4. The fourth-order valence-electron chi connectivity index (χ4n) is 2.43. The summed E-state index contributed by atoms with van der Waals surface area (Å²) in [5, 5.41) is 3.14. The van der Waals surface area contributed by atoms with Crippen LogP contribution in [0.4, 0.5) is 5.69 Å². The quantitative estimate of drug-likeness (QED) is 0.355. The molecule has 3 N–H and O–H groups in total. The van der Waals surface area contributed by atoms with Gasteiger partial charge >= 0.3 is 0 Å². The first-order valence-corrected chi connectivity index (χ1v) is 9.77. The first-order valence-electron chi connectivity index (χ1n) is 9.77. The number of para-hydroxylation sites is 1. The second kappa shape index (κ2) is 17.2. The molecule has 0 unspecified atom stereocenters. The molecule has 1 radical (unpaired) electrons. The normalized spacial score (nSPS) is 9.04. The number of Topliss-reactive ketones (excluding diaryl/α,β-unsaturated/α-hetero) is 2. The zero-order chi connectivity index (χ0) is 20.7. The predicted octanol–water partition coefficient (Wildman–Crippen LogP) is 5.06. The van der Waals surface area contributed by atoms with Gasteiger partial charge in [0.2, 0.25) is 0 Å². The number of benzene rings is 2. The van der Waals surface area contributed by atoms with E-state index in [-0.39, 0.29) is 30.1 Å². The van der Waals surface area contributed by atoms with Crippen molar-refractivity contribution in [3.63, 3.8) is 0 Å². The molecule has 0 spiro atoms. The molecule has 153 valence electrons. The van der Waals surface area contributed by atoms with E-state index in [0.29, 0.717) is 37.2 Å². The molecule has 0 saturated carbocycles. The summed E-state index contributed by atoms with van der Waals surface area (Å²) < 4.78 is 0. The molecule has 5 heteroatoms. The average molecular weight is 421 g/mol. The van der Waals surface area contributed by atoms with Crippen molar-refractivity contribution >= 4 is 17.3 Å². The van der Waals surface area contributed by atoms with Crippen LogP contribution in [0.3, 0.4) is 0 Å². The third-order valence-corrected chi connectivity index (χ3v) is 3.76. The summed E-state index contributed by atoms with van der Waals surface area (Å²) in [6.07, 6.45) is 0.791. The van der Waals surface area contributed by atoms with Crippen LogP contribution < -0.4 is 11.1 Å². The molecular formula is C23H34N2O2V. The van der Waals surface area contributed by atoms with Gasteiger partial charge in [0.25, 0.3) is 0 Å². The molecule has 2 aromatic carbocycles. The number of hydrogen-bond donors (Lipinski definition) is 2. The molecule has 2 rings (SSSR count). The smallest absolute Gasteiger partial charge is 0.166 e. The Hall–Kier alpha value is -1.88. The number of aryl methyl sites for hydroxylation is 1. The number of nitrogens with one attached hydrogen (secondary N) is 1. The minimum Gasteiger partial charge on any atom is -0.398 e. The molecule has 0 saturated heterocycles. The topological polar surface area (TPSA) is 72.2 Å². The number of nitrogen functional groups attached to an aromatic ring is 1. The Morgan fingerprint density at radius 2 is 1.21 bits per heavy atom. The van der Waals surface area contributed by atoms with Crippen LogP contribution in [0, 0.1) is 6.92 Å². The van der Waals surface area contributed by atoms with Gasteiger partial charge in [-0.05, 0) is 24.6 Å². The summed E-state index contributed by atoms with van der Waals surface area (Å²) in [7, 11) is 0. The zero-order valence-corrected chi connectivity index (χ0v) is 19.2. The summed E-state index contributed by atoms with van der Waals surface area (Å²) in [6, 6.07) is 14.6. The van der Waals surface area contributed by atoms with Gasteiger partial charge in [-0.15, -0.1) is 0 Å². The molecule has 0 atom stereocenters. The van der Waals surface area contributed by atoms with Gasteiger partial charge in [0.15, 0.2) is 11.6 Å². The fraction of sp³-hybridized carbons (Fsp3) is 0.391. The number of anilines is 1. The van der Waals surface area contributed by atoms with Gasteiger partial charge in [0, 0.05) is 61.3 Å². The molecule has 0 bridgehead atoms. The predicted molar refractivity (Wildman–Crippen MR) is 115 cm³/mol. The zero-order valence-electron chi connectivity index (χ0n) is 17.8. The van der Waals surface area contributed by atoms with Crippen molar-refractivity contribution in [2.45, 2.75) is 47.5 Å². The van der Waals surface area contributed by atoms with Crippen molar-refractivity contribution < 1.29 is 28.1 Å². The molecule has 0 aromatic heterocycles.